The molecule has 1 aromatic carbocycles. The zero-order chi connectivity index (χ0) is 11.4. The van der Waals surface area contributed by atoms with Crippen LogP contribution in [0.25, 0.3) is 0 Å². The van der Waals surface area contributed by atoms with Crippen LogP contribution in [0.1, 0.15) is 0 Å². The highest BCUT2D eigenvalue weighted by atomic mass is 16.7. The van der Waals surface area contributed by atoms with E-state index in [0.29, 0.717) is 17.2 Å². The summed E-state index contributed by atoms with van der Waals surface area (Å²) in [7, 11) is 3.13. The van der Waals surface area contributed by atoms with E-state index in [9.17, 15) is 0 Å². The van der Waals surface area contributed by atoms with E-state index in [1.54, 1.807) is 32.5 Å². The summed E-state index contributed by atoms with van der Waals surface area (Å²) in [6, 6.07) is 8.15. The van der Waals surface area contributed by atoms with Gasteiger partial charge in [-0.15, -0.1) is 5.10 Å². The Morgan fingerprint density at radius 3 is 2.38 bits per heavy atom. The minimum absolute atomic E-state index is 0.476. The molecule has 1 heterocycles. The van der Waals surface area contributed by atoms with E-state index >= 15 is 0 Å². The van der Waals surface area contributed by atoms with Gasteiger partial charge in [0.05, 0.1) is 26.6 Å². The Bertz CT molecular complexity index is 432. The molecule has 2 aromatic rings. The van der Waals surface area contributed by atoms with E-state index in [1.165, 1.54) is 11.0 Å². The average Bonchev–Trinajstić information content (AvgIpc) is 2.82. The molecule has 1 radical (unpaired) electrons. The molecule has 0 saturated carbocycles. The Kier molecular flexibility index (Phi) is 2.95. The van der Waals surface area contributed by atoms with Gasteiger partial charge in [-0.2, -0.15) is 0 Å². The van der Waals surface area contributed by atoms with Crippen molar-refractivity contribution < 1.29 is 14.3 Å². The summed E-state index contributed by atoms with van der Waals surface area (Å²) in [6.07, 6.45) is 3.06. The number of ether oxygens (including phenoxy) is 2. The number of nitrogens with zero attached hydrogens (tertiary/aromatic N) is 2. The first kappa shape index (κ1) is 10.4. The van der Waals surface area contributed by atoms with Crippen molar-refractivity contribution in [3.63, 3.8) is 0 Å². The summed E-state index contributed by atoms with van der Waals surface area (Å²) in [6.45, 7) is 0. The number of methoxy groups -OCH3 is 2. The van der Waals surface area contributed by atoms with Crippen molar-refractivity contribution in [2.45, 2.75) is 0 Å². The Morgan fingerprint density at radius 1 is 1.19 bits per heavy atom. The van der Waals surface area contributed by atoms with Crippen molar-refractivity contribution in [2.75, 3.05) is 14.2 Å². The van der Waals surface area contributed by atoms with Gasteiger partial charge in [0.25, 0.3) is 0 Å². The van der Waals surface area contributed by atoms with Gasteiger partial charge >= 0.3 is 0 Å². The second-order valence-electron chi connectivity index (χ2n) is 2.93. The van der Waals surface area contributed by atoms with Crippen LogP contribution in [0, 0.1) is 6.07 Å². The van der Waals surface area contributed by atoms with Crippen LogP contribution in [0.5, 0.6) is 17.2 Å². The lowest BCUT2D eigenvalue weighted by atomic mass is 10.3. The molecule has 5 heteroatoms. The molecule has 0 N–H and O–H groups in total. The summed E-state index contributed by atoms with van der Waals surface area (Å²) < 4.78 is 10.4. The maximum atomic E-state index is 5.49. The summed E-state index contributed by atoms with van der Waals surface area (Å²) >= 11 is 0. The fraction of sp³-hybridized carbons (Fsp3) is 0.182. The van der Waals surface area contributed by atoms with E-state index in [4.69, 9.17) is 14.3 Å². The van der Waals surface area contributed by atoms with Gasteiger partial charge in [-0.05, 0) is 12.1 Å². The maximum Gasteiger partial charge on any atom is 0.241 e. The van der Waals surface area contributed by atoms with Crippen LogP contribution in [-0.4, -0.2) is 24.2 Å². The SMILES string of the molecule is COc1cccc(OC)c1On1c[c]cn1. The first-order valence-corrected chi connectivity index (χ1v) is 4.65. The van der Waals surface area contributed by atoms with Crippen molar-refractivity contribution in [2.24, 2.45) is 0 Å². The van der Waals surface area contributed by atoms with E-state index in [0.717, 1.165) is 0 Å². The number of benzene rings is 1. The molecule has 0 unspecified atom stereocenters. The average molecular weight is 219 g/mol. The van der Waals surface area contributed by atoms with Crippen LogP contribution < -0.4 is 14.3 Å². The molecule has 0 aliphatic rings. The molecule has 0 spiro atoms. The molecular formula is C11H11N2O3. The largest absolute Gasteiger partial charge is 0.493 e. The Labute approximate surface area is 93.1 Å². The lowest BCUT2D eigenvalue weighted by Gasteiger charge is -2.12. The topological polar surface area (TPSA) is 45.5 Å². The number of rotatable bonds is 4. The molecule has 16 heavy (non-hydrogen) atoms. The Morgan fingerprint density at radius 2 is 1.88 bits per heavy atom. The van der Waals surface area contributed by atoms with Crippen LogP contribution >= 0.6 is 0 Å². The fourth-order valence-electron chi connectivity index (χ4n) is 1.27. The van der Waals surface area contributed by atoms with Gasteiger partial charge in [-0.1, -0.05) is 10.9 Å². The van der Waals surface area contributed by atoms with Crippen molar-refractivity contribution in [1.29, 1.82) is 0 Å². The van der Waals surface area contributed by atoms with Crippen LogP contribution in [0.3, 0.4) is 0 Å². The second kappa shape index (κ2) is 4.57. The van der Waals surface area contributed by atoms with Gasteiger partial charge < -0.3 is 14.3 Å². The summed E-state index contributed by atoms with van der Waals surface area (Å²) in [5, 5.41) is 3.89. The predicted octanol–water partition coefficient (Wildman–Crippen LogP) is 1.54. The van der Waals surface area contributed by atoms with Gasteiger partial charge in [-0.3, -0.25) is 0 Å². The molecule has 0 amide bonds. The van der Waals surface area contributed by atoms with Gasteiger partial charge in [0.1, 0.15) is 0 Å². The Balaban J connectivity index is 2.37. The molecule has 0 bridgehead atoms. The quantitative estimate of drug-likeness (QED) is 0.782. The maximum absolute atomic E-state index is 5.49. The minimum Gasteiger partial charge on any atom is -0.493 e. The number of hydrogen-bond acceptors (Lipinski definition) is 4. The van der Waals surface area contributed by atoms with Gasteiger partial charge in [0.2, 0.25) is 5.75 Å². The molecule has 1 aromatic heterocycles. The standard InChI is InChI=1S/C11H11N2O3/c1-14-9-5-3-6-10(15-2)11(9)16-13-8-4-7-12-13/h3,5-8H,1-2H3. The molecule has 0 aliphatic carbocycles. The summed E-state index contributed by atoms with van der Waals surface area (Å²) in [5.41, 5.74) is 0. The van der Waals surface area contributed by atoms with Gasteiger partial charge in [-0.25, -0.2) is 0 Å². The number of hydrogen-bond donors (Lipinski definition) is 0. The van der Waals surface area contributed by atoms with Crippen molar-refractivity contribution in [1.82, 2.24) is 9.94 Å². The molecule has 2 rings (SSSR count). The monoisotopic (exact) mass is 219 g/mol. The Hall–Kier alpha value is -2.17. The van der Waals surface area contributed by atoms with Crippen LogP contribution in [0.4, 0.5) is 0 Å². The highest BCUT2D eigenvalue weighted by molar-refractivity contribution is 5.50. The van der Waals surface area contributed by atoms with E-state index < -0.39 is 0 Å². The van der Waals surface area contributed by atoms with E-state index in [-0.39, 0.29) is 0 Å². The van der Waals surface area contributed by atoms with E-state index in [2.05, 4.69) is 11.2 Å². The van der Waals surface area contributed by atoms with Gasteiger partial charge in [0.15, 0.2) is 11.5 Å². The minimum atomic E-state index is 0.476. The molecule has 0 fully saturated rings. The normalized spacial score (nSPS) is 9.88. The van der Waals surface area contributed by atoms with Crippen LogP contribution in [-0.2, 0) is 0 Å². The number of para-hydroxylation sites is 1. The van der Waals surface area contributed by atoms with Crippen LogP contribution in [0.15, 0.2) is 30.6 Å². The highest BCUT2D eigenvalue weighted by Gasteiger charge is 2.12. The van der Waals surface area contributed by atoms with Gasteiger partial charge in [0, 0.05) is 6.07 Å². The molecular weight excluding hydrogens is 208 g/mol. The molecule has 0 atom stereocenters. The predicted molar refractivity (Wildman–Crippen MR) is 56.6 cm³/mol. The first-order chi connectivity index (χ1) is 7.85. The van der Waals surface area contributed by atoms with Crippen molar-refractivity contribution in [3.8, 4) is 17.2 Å². The molecule has 0 aliphatic heterocycles. The lowest BCUT2D eigenvalue weighted by Crippen LogP contribution is -2.07. The fourth-order valence-corrected chi connectivity index (χ4v) is 1.27. The smallest absolute Gasteiger partial charge is 0.241 e. The summed E-state index contributed by atoms with van der Waals surface area (Å²) in [5.74, 6) is 1.63. The molecule has 5 nitrogen and oxygen atoms in total. The second-order valence-corrected chi connectivity index (χ2v) is 2.93. The zero-order valence-electron chi connectivity index (χ0n) is 9.01. The van der Waals surface area contributed by atoms with Crippen molar-refractivity contribution in [3.05, 3.63) is 36.7 Å². The van der Waals surface area contributed by atoms with Crippen molar-refractivity contribution >= 4 is 0 Å². The lowest BCUT2D eigenvalue weighted by molar-refractivity contribution is 0.163. The third-order valence-electron chi connectivity index (χ3n) is 2.00. The molecule has 0 saturated heterocycles. The van der Waals surface area contributed by atoms with E-state index in [1.807, 2.05) is 6.07 Å². The third-order valence-corrected chi connectivity index (χ3v) is 2.00. The van der Waals surface area contributed by atoms with Crippen LogP contribution in [0.2, 0.25) is 0 Å². The molecule has 83 valence electrons. The summed E-state index contributed by atoms with van der Waals surface area (Å²) in [4.78, 5) is 6.76. The highest BCUT2D eigenvalue weighted by Crippen LogP contribution is 2.36. The number of aromatic nitrogens is 2. The zero-order valence-corrected chi connectivity index (χ0v) is 9.01. The third kappa shape index (κ3) is 1.93. The first-order valence-electron chi connectivity index (χ1n) is 4.65.